The second kappa shape index (κ2) is 19.0. The maximum absolute atomic E-state index is 4.00. The van der Waals surface area contributed by atoms with Gasteiger partial charge >= 0.3 is 0 Å². The fraction of sp³-hybridized carbons (Fsp3) is 0.263. The molecular formula is C76H62. The molecule has 0 spiro atoms. The van der Waals surface area contributed by atoms with Gasteiger partial charge in [0.2, 0.25) is 0 Å². The molecule has 0 radical (unpaired) electrons. The molecule has 0 heterocycles. The predicted molar refractivity (Wildman–Crippen MR) is 309 cm³/mol. The zero-order valence-corrected chi connectivity index (χ0v) is 43.3. The lowest BCUT2D eigenvalue weighted by atomic mass is 9.21. The van der Waals surface area contributed by atoms with Gasteiger partial charge < -0.3 is 0 Å². The summed E-state index contributed by atoms with van der Waals surface area (Å²) >= 11 is 0. The molecule has 8 aliphatic carbocycles. The summed E-state index contributed by atoms with van der Waals surface area (Å²) in [6.07, 6.45) is 12.7. The van der Waals surface area contributed by atoms with Crippen molar-refractivity contribution in [2.45, 2.75) is 81.0 Å². The highest BCUT2D eigenvalue weighted by atomic mass is 14.8. The fourth-order valence-corrected chi connectivity index (χ4v) is 18.1. The van der Waals surface area contributed by atoms with Gasteiger partial charge in [0, 0.05) is 55.3 Å². The van der Waals surface area contributed by atoms with E-state index in [4.69, 9.17) is 0 Å². The molecule has 0 aromatic heterocycles. The quantitative estimate of drug-likeness (QED) is 0.151. The molecule has 8 aromatic rings. The molecule has 8 bridgehead atoms. The van der Waals surface area contributed by atoms with E-state index in [0.717, 1.165) is 75.1 Å². The minimum atomic E-state index is -0.641. The minimum Gasteiger partial charge on any atom is -0.0622 e. The predicted octanol–water partition coefficient (Wildman–Crippen LogP) is 16.3. The summed E-state index contributed by atoms with van der Waals surface area (Å²) in [7, 11) is 0. The second-order valence-corrected chi connectivity index (χ2v) is 23.6. The van der Waals surface area contributed by atoms with E-state index in [0.29, 0.717) is 11.8 Å². The van der Waals surface area contributed by atoms with Gasteiger partial charge in [-0.1, -0.05) is 193 Å². The lowest BCUT2D eigenvalue weighted by Gasteiger charge is -2.82. The molecule has 0 amide bonds. The summed E-state index contributed by atoms with van der Waals surface area (Å²) < 4.78 is 0. The number of hydrogen-bond acceptors (Lipinski definition) is 0. The van der Waals surface area contributed by atoms with Crippen LogP contribution < -0.4 is 0 Å². The van der Waals surface area contributed by atoms with E-state index in [9.17, 15) is 0 Å². The van der Waals surface area contributed by atoms with Crippen LogP contribution in [0.25, 0.3) is 0 Å². The monoisotopic (exact) mass is 974 g/mol. The highest BCUT2D eigenvalue weighted by Crippen LogP contribution is 2.86. The molecule has 0 heteroatoms. The molecule has 0 nitrogen and oxygen atoms in total. The topological polar surface area (TPSA) is 0 Å². The van der Waals surface area contributed by atoms with Crippen LogP contribution in [0.2, 0.25) is 0 Å². The number of benzene rings is 8. The average Bonchev–Trinajstić information content (AvgIpc) is 3.10. The van der Waals surface area contributed by atoms with E-state index in [1.807, 2.05) is 0 Å². The van der Waals surface area contributed by atoms with Gasteiger partial charge in [-0.2, -0.15) is 0 Å². The summed E-state index contributed by atoms with van der Waals surface area (Å²) in [5.74, 6) is 34.1. The number of rotatable bonds is 5. The molecule has 0 saturated heterocycles. The van der Waals surface area contributed by atoms with E-state index >= 15 is 0 Å². The molecule has 5 unspecified atom stereocenters. The first-order valence-electron chi connectivity index (χ1n) is 28.2. The van der Waals surface area contributed by atoms with Gasteiger partial charge in [-0.15, -0.1) is 0 Å². The van der Waals surface area contributed by atoms with E-state index in [2.05, 4.69) is 266 Å². The molecule has 0 N–H and O–H groups in total. The normalized spacial score (nSPS) is 27.6. The van der Waals surface area contributed by atoms with Crippen molar-refractivity contribution in [1.82, 2.24) is 0 Å². The zero-order valence-electron chi connectivity index (χ0n) is 43.3. The SMILES string of the molecule is C(#Cc1ccccc1C1C2CC3CC1(c1ccccc1C#Cc1ccccc1)C(c1ccccc1C#Cc1ccccc1)(c1ccccc1C#Cc1ccccc1)C(C14CC5CC(CC(C5)C1)C4)(C3)C2)c1ccccc1. The third kappa shape index (κ3) is 7.49. The van der Waals surface area contributed by atoms with Gasteiger partial charge in [0.25, 0.3) is 0 Å². The van der Waals surface area contributed by atoms with Crippen LogP contribution in [0.3, 0.4) is 0 Å². The van der Waals surface area contributed by atoms with Gasteiger partial charge in [-0.05, 0) is 206 Å². The van der Waals surface area contributed by atoms with Gasteiger partial charge in [0.15, 0.2) is 0 Å². The van der Waals surface area contributed by atoms with Gasteiger partial charge in [0.1, 0.15) is 0 Å². The Morgan fingerprint density at radius 2 is 0.658 bits per heavy atom. The van der Waals surface area contributed by atoms with Gasteiger partial charge in [-0.25, -0.2) is 0 Å². The maximum Gasteiger partial charge on any atom is 0.0392 e. The van der Waals surface area contributed by atoms with Crippen LogP contribution >= 0.6 is 0 Å². The van der Waals surface area contributed by atoms with Crippen molar-refractivity contribution in [3.05, 3.63) is 285 Å². The Labute approximate surface area is 451 Å². The molecule has 76 heavy (non-hydrogen) atoms. The summed E-state index contributed by atoms with van der Waals surface area (Å²) in [5.41, 5.74) is 12.9. The van der Waals surface area contributed by atoms with Crippen molar-refractivity contribution in [1.29, 1.82) is 0 Å². The van der Waals surface area contributed by atoms with Crippen molar-refractivity contribution in [2.75, 3.05) is 0 Å². The molecule has 366 valence electrons. The Kier molecular flexibility index (Phi) is 11.6. The molecule has 16 rings (SSSR count). The van der Waals surface area contributed by atoms with Crippen LogP contribution in [-0.2, 0) is 10.8 Å². The molecular weight excluding hydrogens is 913 g/mol. The molecule has 0 aliphatic heterocycles. The lowest BCUT2D eigenvalue weighted by Crippen LogP contribution is -2.78. The molecule has 8 aliphatic rings. The van der Waals surface area contributed by atoms with Crippen molar-refractivity contribution >= 4 is 0 Å². The third-order valence-corrected chi connectivity index (χ3v) is 19.8. The maximum atomic E-state index is 4.00. The van der Waals surface area contributed by atoms with Crippen LogP contribution in [0.15, 0.2) is 218 Å². The van der Waals surface area contributed by atoms with Crippen LogP contribution in [-0.4, -0.2) is 0 Å². The minimum absolute atomic E-state index is 0.0808. The average molecular weight is 975 g/mol. The van der Waals surface area contributed by atoms with Crippen LogP contribution in [0, 0.1) is 87.8 Å². The first-order valence-corrected chi connectivity index (χ1v) is 28.2. The van der Waals surface area contributed by atoms with Crippen molar-refractivity contribution in [3.63, 3.8) is 0 Å². The summed E-state index contributed by atoms with van der Waals surface area (Å²) in [6.45, 7) is 0. The Morgan fingerprint density at radius 3 is 1.12 bits per heavy atom. The van der Waals surface area contributed by atoms with Crippen molar-refractivity contribution < 1.29 is 0 Å². The van der Waals surface area contributed by atoms with E-state index < -0.39 is 10.8 Å². The van der Waals surface area contributed by atoms with Crippen molar-refractivity contribution in [2.24, 2.45) is 40.4 Å². The zero-order chi connectivity index (χ0) is 50.6. The van der Waals surface area contributed by atoms with Crippen LogP contribution in [0.4, 0.5) is 0 Å². The molecule has 8 fully saturated rings. The fourth-order valence-electron chi connectivity index (χ4n) is 18.1. The Morgan fingerprint density at radius 1 is 0.289 bits per heavy atom. The lowest BCUT2D eigenvalue weighted by molar-refractivity contribution is -0.250. The molecule has 8 saturated carbocycles. The largest absolute Gasteiger partial charge is 0.0622 e. The van der Waals surface area contributed by atoms with E-state index in [1.54, 1.807) is 0 Å². The Hall–Kier alpha value is -8.00. The third-order valence-electron chi connectivity index (χ3n) is 19.8. The van der Waals surface area contributed by atoms with Gasteiger partial charge in [0.05, 0.1) is 0 Å². The van der Waals surface area contributed by atoms with Gasteiger partial charge in [-0.3, -0.25) is 0 Å². The van der Waals surface area contributed by atoms with Crippen molar-refractivity contribution in [3.8, 4) is 47.4 Å². The van der Waals surface area contributed by atoms with E-state index in [1.165, 1.54) is 73.6 Å². The highest BCUT2D eigenvalue weighted by Gasteiger charge is 2.82. The summed E-state index contributed by atoms with van der Waals surface area (Å²) in [5, 5.41) is 0. The number of hydrogen-bond donors (Lipinski definition) is 0. The van der Waals surface area contributed by atoms with Crippen LogP contribution in [0.5, 0.6) is 0 Å². The smallest absolute Gasteiger partial charge is 0.0392 e. The standard InChI is InChI=1S/C76H62/c1-5-21-55(22-6-1)37-41-63-29-13-17-33-68(63)72-67-48-62-52-74(54-67,73-49-59-45-60(50-73)47-61(46-59)51-73)76(70-35-19-15-31-65(70)43-39-57-25-9-3-10-26-57,71-36-20-16-32-66(71)44-40-58-27-11-4-12-28-58)75(72,53-62)69-34-18-14-30-64(69)42-38-56-23-7-2-8-24-56/h1-36,59-62,67,72H,45-54H2. The first-order chi connectivity index (χ1) is 37.5. The summed E-state index contributed by atoms with van der Waals surface area (Å²) in [6, 6.07) is 80.3. The Balaban J connectivity index is 1.17. The van der Waals surface area contributed by atoms with E-state index in [-0.39, 0.29) is 16.7 Å². The second-order valence-electron chi connectivity index (χ2n) is 23.6. The summed E-state index contributed by atoms with van der Waals surface area (Å²) in [4.78, 5) is 0. The Bertz CT molecular complexity index is 3600. The van der Waals surface area contributed by atoms with Crippen LogP contribution in [0.1, 0.15) is 137 Å². The highest BCUT2D eigenvalue weighted by molar-refractivity contribution is 5.69. The first kappa shape index (κ1) is 46.5. The molecule has 8 aromatic carbocycles. The molecule has 5 atom stereocenters.